The number of nitrogens with zero attached hydrogens (tertiary/aromatic N) is 6. The van der Waals surface area contributed by atoms with E-state index in [0.29, 0.717) is 88.0 Å². The van der Waals surface area contributed by atoms with Gasteiger partial charge in [0.1, 0.15) is 75.4 Å². The van der Waals surface area contributed by atoms with Crippen molar-refractivity contribution in [3.05, 3.63) is 263 Å². The third-order valence-electron chi connectivity index (χ3n) is 19.5. The number of carbonyl (C=O) groups is 12. The maximum Gasteiger partial charge on any atom is 0.269 e. The lowest BCUT2D eigenvalue weighted by Crippen LogP contribution is -2.27. The number of rotatable bonds is 21. The fourth-order valence-electron chi connectivity index (χ4n) is 14.0. The van der Waals surface area contributed by atoms with Crippen LogP contribution in [0.5, 0.6) is 0 Å². The number of carbonyl (C=O) groups excluding carboxylic acids is 12. The van der Waals surface area contributed by atoms with E-state index in [0.717, 1.165) is 45.8 Å². The monoisotopic (exact) mass is 1910 g/mol. The quantitative estimate of drug-likeness (QED) is 0.0486. The Balaban J connectivity index is 0.000000160. The highest BCUT2D eigenvalue weighted by Crippen LogP contribution is 2.44. The molecular weight excluding hydrogens is 1840 g/mol. The third-order valence-corrected chi connectivity index (χ3v) is 23.0. The highest BCUT2D eigenvalue weighted by Gasteiger charge is 2.47. The number of hydrogen-bond acceptors (Lipinski definition) is 17. The van der Waals surface area contributed by atoms with E-state index in [2.05, 4.69) is 126 Å². The molecule has 8 atom stereocenters. The number of Topliss-reactive ketones (excluding diaryl/α,β-unsaturated/α-hetero) is 8. The second-order valence-electron chi connectivity index (χ2n) is 27.1. The first-order chi connectivity index (χ1) is 54.0. The molecule has 0 spiro atoms. The molecule has 0 bridgehead atoms. The van der Waals surface area contributed by atoms with E-state index in [1.165, 1.54) is 24.4 Å². The van der Waals surface area contributed by atoms with E-state index in [9.17, 15) is 61.9 Å². The van der Waals surface area contributed by atoms with E-state index in [1.807, 2.05) is 51.1 Å². The standard InChI is InChI=1S/C23H20BrClN4O3.C20H17Br2ClN2O3.C20H18Br2N2O3.C19H16ClFN2O3/c1-13-8-16(29-12-15(25)11-28-29)10-17(24)20(13)21-19(30)9-14(22(21)31)5-7-27-23(32)18-4-2-3-6-26-18;1-10-6-13(22)8-14(23)17(10)18-16(26)7-11(19(18)27)4-5-24-20(28)15-3-2-12(21)9-25-15;1-11-8-13(21)10-14(22)17(11)18-16(25)9-12(19(18)26)5-7-24-20(27)15-4-2-3-6-23-15;20-12-4-3-5-13(21)16(12)17-15(24)10-11(18(17)25)7-9-23-19(26)14-6-1-2-8-22-14/h2-4,6,8,10-12,14,21H,5,7,9H2,1H3,(H,27,32);2-3,6,8-9,11,18H,4-5,7H2,1H3,(H,24,28);2-4,6,8,10,12,18H,5,7,9H2,1H3,(H,24,27);1-6,8,11,17H,7,9-10H2,(H,23,26). The average molecular weight is 1910 g/mol. The molecular formula is C82H71Br5Cl3FN10O12. The molecule has 8 unspecified atom stereocenters. The SMILES string of the molecule is Cc1cc(-n2cc(Cl)cn2)cc(Br)c1C1C(=O)CC(CCNC(=O)c2ccccn2)C1=O.Cc1cc(Br)cc(Br)c1C1C(=O)CC(CCNC(=O)c2ccccn2)C1=O.Cc1cc(Br)cc(Cl)c1C1C(=O)CC(CCNC(=O)c2ccc(Br)cn2)C1=O.O=C(NCCC1CC(=O)C(c2c(F)cccc2Cl)C1=O)c1ccccn1. The number of nitrogens with one attached hydrogen (secondary N) is 4. The Bertz CT molecular complexity index is 5080. The van der Waals surface area contributed by atoms with Gasteiger partial charge in [-0.1, -0.05) is 123 Å². The smallest absolute Gasteiger partial charge is 0.269 e. The van der Waals surface area contributed by atoms with Crippen LogP contribution in [0, 0.1) is 50.3 Å². The minimum absolute atomic E-state index is 0.0214. The van der Waals surface area contributed by atoms with Gasteiger partial charge in [0.15, 0.2) is 23.1 Å². The molecule has 113 heavy (non-hydrogen) atoms. The van der Waals surface area contributed by atoms with Crippen molar-refractivity contribution in [3.63, 3.8) is 0 Å². The van der Waals surface area contributed by atoms with Crippen LogP contribution in [-0.2, 0) is 38.4 Å². The molecule has 584 valence electrons. The fraction of sp³-hybridized carbons (Fsp3) is 0.280. The number of aryl methyl sites for hydroxylation is 3. The Morgan fingerprint density at radius 2 is 0.796 bits per heavy atom. The summed E-state index contributed by atoms with van der Waals surface area (Å²) < 4.78 is 19.6. The van der Waals surface area contributed by atoms with Crippen molar-refractivity contribution < 1.29 is 61.9 Å². The molecule has 4 saturated carbocycles. The van der Waals surface area contributed by atoms with Gasteiger partial charge >= 0.3 is 0 Å². The van der Waals surface area contributed by atoms with Gasteiger partial charge in [-0.05, 0) is 193 Å². The Morgan fingerprint density at radius 3 is 1.15 bits per heavy atom. The van der Waals surface area contributed by atoms with E-state index in [-0.39, 0.29) is 124 Å². The predicted octanol–water partition coefficient (Wildman–Crippen LogP) is 15.6. The molecule has 9 aromatic rings. The summed E-state index contributed by atoms with van der Waals surface area (Å²) in [5, 5.41) is 16.2. The summed E-state index contributed by atoms with van der Waals surface area (Å²) in [6.07, 6.45) is 11.5. The summed E-state index contributed by atoms with van der Waals surface area (Å²) >= 11 is 35.3. The predicted molar refractivity (Wildman–Crippen MR) is 439 cm³/mol. The number of pyridine rings is 4. The molecule has 0 saturated heterocycles. The molecule has 22 nitrogen and oxygen atoms in total. The number of ketones is 8. The highest BCUT2D eigenvalue weighted by molar-refractivity contribution is 9.11. The molecule has 4 fully saturated rings. The van der Waals surface area contributed by atoms with Gasteiger partial charge in [0.05, 0.1) is 16.9 Å². The van der Waals surface area contributed by atoms with Gasteiger partial charge in [-0.15, -0.1) is 0 Å². The molecule has 0 radical (unpaired) electrons. The number of halogens is 9. The summed E-state index contributed by atoms with van der Waals surface area (Å²) in [4.78, 5) is 166. The Kier molecular flexibility index (Phi) is 30.6. The van der Waals surface area contributed by atoms with Crippen LogP contribution < -0.4 is 21.3 Å². The van der Waals surface area contributed by atoms with Crippen LogP contribution in [-0.4, -0.2) is 126 Å². The second-order valence-corrected chi connectivity index (χ2v) is 32.8. The first-order valence-electron chi connectivity index (χ1n) is 35.6. The fourth-order valence-corrected chi connectivity index (χ4v) is 18.2. The molecule has 4 amide bonds. The first kappa shape index (κ1) is 86.5. The van der Waals surface area contributed by atoms with Crippen LogP contribution in [0.4, 0.5) is 4.39 Å². The summed E-state index contributed by atoms with van der Waals surface area (Å²) in [6.45, 7) is 6.74. The lowest BCUT2D eigenvalue weighted by Gasteiger charge is -2.16. The minimum Gasteiger partial charge on any atom is -0.351 e. The van der Waals surface area contributed by atoms with Gasteiger partial charge in [0, 0.05) is 144 Å². The lowest BCUT2D eigenvalue weighted by molar-refractivity contribution is -0.126. The van der Waals surface area contributed by atoms with Crippen LogP contribution in [0.25, 0.3) is 5.69 Å². The molecule has 13 rings (SSSR count). The maximum absolute atomic E-state index is 14.1. The van der Waals surface area contributed by atoms with Crippen molar-refractivity contribution in [2.24, 2.45) is 23.7 Å². The van der Waals surface area contributed by atoms with Crippen LogP contribution in [0.15, 0.2) is 181 Å². The zero-order valence-corrected chi connectivity index (χ0v) is 70.8. The van der Waals surface area contributed by atoms with Gasteiger partial charge in [-0.25, -0.2) is 14.1 Å². The van der Waals surface area contributed by atoms with Gasteiger partial charge < -0.3 is 21.3 Å². The topological polar surface area (TPSA) is 322 Å². The molecule has 4 aliphatic rings. The molecule has 4 N–H and O–H groups in total. The van der Waals surface area contributed by atoms with Crippen LogP contribution in [0.2, 0.25) is 15.1 Å². The Morgan fingerprint density at radius 1 is 0.416 bits per heavy atom. The van der Waals surface area contributed by atoms with Gasteiger partial charge in [0.2, 0.25) is 0 Å². The Labute approximate surface area is 706 Å². The van der Waals surface area contributed by atoms with Gasteiger partial charge in [-0.2, -0.15) is 5.10 Å². The summed E-state index contributed by atoms with van der Waals surface area (Å²) in [7, 11) is 0. The van der Waals surface area contributed by atoms with Gasteiger partial charge in [0.25, 0.3) is 23.6 Å². The molecule has 4 aromatic carbocycles. The lowest BCUT2D eigenvalue weighted by atomic mass is 9.90. The summed E-state index contributed by atoms with van der Waals surface area (Å²) in [5.74, 6) is -8.51. The van der Waals surface area contributed by atoms with Crippen LogP contribution in [0.3, 0.4) is 0 Å². The maximum atomic E-state index is 14.1. The zero-order chi connectivity index (χ0) is 81.5. The molecule has 5 heterocycles. The van der Waals surface area contributed by atoms with Crippen molar-refractivity contribution in [1.29, 1.82) is 0 Å². The first-order valence-corrected chi connectivity index (χ1v) is 40.7. The average Bonchev–Trinajstić information content (AvgIpc) is 1.62. The van der Waals surface area contributed by atoms with E-state index < -0.39 is 47.2 Å². The largest absolute Gasteiger partial charge is 0.351 e. The summed E-state index contributed by atoms with van der Waals surface area (Å²) in [5.41, 5.74) is 6.48. The molecule has 5 aromatic heterocycles. The zero-order valence-electron chi connectivity index (χ0n) is 60.6. The number of aromatic nitrogens is 6. The summed E-state index contributed by atoms with van der Waals surface area (Å²) in [6, 6.07) is 33.6. The number of benzene rings is 4. The molecule has 31 heteroatoms. The van der Waals surface area contributed by atoms with Crippen molar-refractivity contribution >= 4 is 184 Å². The number of hydrogen-bond donors (Lipinski definition) is 4. The van der Waals surface area contributed by atoms with E-state index in [4.69, 9.17) is 34.8 Å². The second kappa shape index (κ2) is 39.9. The van der Waals surface area contributed by atoms with Gasteiger partial charge in [-0.3, -0.25) is 72.5 Å². The molecule has 4 aliphatic carbocycles. The van der Waals surface area contributed by atoms with E-state index >= 15 is 0 Å². The van der Waals surface area contributed by atoms with Crippen molar-refractivity contribution in [2.75, 3.05) is 26.2 Å². The van der Waals surface area contributed by atoms with Crippen molar-refractivity contribution in [2.45, 2.75) is 95.8 Å². The van der Waals surface area contributed by atoms with Crippen LogP contribution >= 0.6 is 114 Å². The van der Waals surface area contributed by atoms with Crippen LogP contribution in [0.1, 0.15) is 156 Å². The van der Waals surface area contributed by atoms with Crippen molar-refractivity contribution in [1.82, 2.24) is 51.0 Å². The van der Waals surface area contributed by atoms with E-state index in [1.54, 1.807) is 108 Å². The number of amides is 4. The third kappa shape index (κ3) is 21.8. The minimum atomic E-state index is -1.17. The molecule has 0 aliphatic heterocycles. The van der Waals surface area contributed by atoms with Crippen molar-refractivity contribution in [3.8, 4) is 5.69 Å². The Hall–Kier alpha value is -8.87. The normalized spacial score (nSPS) is 19.0. The highest BCUT2D eigenvalue weighted by atomic mass is 79.9.